The molecule has 0 bridgehead atoms. The van der Waals surface area contributed by atoms with Crippen LogP contribution in [0.5, 0.6) is 0 Å². The van der Waals surface area contributed by atoms with Crippen LogP contribution >= 0.6 is 0 Å². The quantitative estimate of drug-likeness (QED) is 0.661. The molecule has 1 aliphatic carbocycles. The van der Waals surface area contributed by atoms with Gasteiger partial charge in [-0.1, -0.05) is 25.7 Å². The lowest BCUT2D eigenvalue weighted by Crippen LogP contribution is -2.10. The number of carbonyl (C=O) groups excluding carboxylic acids is 1. The summed E-state index contributed by atoms with van der Waals surface area (Å²) in [5, 5.41) is 0. The highest BCUT2D eigenvalue weighted by molar-refractivity contribution is 5.73. The summed E-state index contributed by atoms with van der Waals surface area (Å²) in [6.45, 7) is 0. The lowest BCUT2D eigenvalue weighted by Gasteiger charge is -2.05. The Morgan fingerprint density at radius 1 is 1.36 bits per heavy atom. The van der Waals surface area contributed by atoms with Crippen molar-refractivity contribution in [2.24, 2.45) is 11.7 Å². The lowest BCUT2D eigenvalue weighted by molar-refractivity contribution is -0.118. The average molecular weight is 155 g/mol. The van der Waals surface area contributed by atoms with Crippen LogP contribution in [-0.2, 0) is 4.79 Å². The van der Waals surface area contributed by atoms with E-state index in [1.54, 1.807) is 0 Å². The molecule has 0 radical (unpaired) electrons. The minimum Gasteiger partial charge on any atom is -0.370 e. The molecule has 0 spiro atoms. The molecule has 0 unspecified atom stereocenters. The van der Waals surface area contributed by atoms with Crippen molar-refractivity contribution in [3.05, 3.63) is 0 Å². The zero-order chi connectivity index (χ0) is 8.10. The number of rotatable bonds is 4. The molecule has 1 fully saturated rings. The SMILES string of the molecule is NC(=O)CCCC1CCCC1. The molecule has 2 heteroatoms. The van der Waals surface area contributed by atoms with Gasteiger partial charge in [0.1, 0.15) is 0 Å². The minimum atomic E-state index is -0.150. The first-order chi connectivity index (χ1) is 5.29. The molecule has 0 aliphatic heterocycles. The molecule has 0 atom stereocenters. The smallest absolute Gasteiger partial charge is 0.217 e. The van der Waals surface area contributed by atoms with Gasteiger partial charge < -0.3 is 5.73 Å². The number of primary amides is 1. The van der Waals surface area contributed by atoms with Gasteiger partial charge in [0.05, 0.1) is 0 Å². The Bertz CT molecular complexity index is 128. The van der Waals surface area contributed by atoms with E-state index < -0.39 is 0 Å². The molecule has 1 aliphatic rings. The van der Waals surface area contributed by atoms with Crippen LogP contribution in [0, 0.1) is 5.92 Å². The van der Waals surface area contributed by atoms with E-state index in [4.69, 9.17) is 5.73 Å². The summed E-state index contributed by atoms with van der Waals surface area (Å²) in [5.41, 5.74) is 5.04. The van der Waals surface area contributed by atoms with Gasteiger partial charge in [-0.2, -0.15) is 0 Å². The topological polar surface area (TPSA) is 43.1 Å². The Morgan fingerprint density at radius 2 is 2.00 bits per heavy atom. The first-order valence-electron chi connectivity index (χ1n) is 4.57. The Morgan fingerprint density at radius 3 is 2.55 bits per heavy atom. The first-order valence-corrected chi connectivity index (χ1v) is 4.57. The fourth-order valence-corrected chi connectivity index (χ4v) is 1.86. The largest absolute Gasteiger partial charge is 0.370 e. The maximum absolute atomic E-state index is 10.4. The van der Waals surface area contributed by atoms with Crippen molar-refractivity contribution in [2.45, 2.75) is 44.9 Å². The van der Waals surface area contributed by atoms with E-state index in [1.807, 2.05) is 0 Å². The van der Waals surface area contributed by atoms with Gasteiger partial charge in [0.15, 0.2) is 0 Å². The van der Waals surface area contributed by atoms with Crippen LogP contribution in [0.15, 0.2) is 0 Å². The molecule has 0 saturated heterocycles. The van der Waals surface area contributed by atoms with E-state index in [2.05, 4.69) is 0 Å². The summed E-state index contributed by atoms with van der Waals surface area (Å²) < 4.78 is 0. The number of hydrogen-bond donors (Lipinski definition) is 1. The Kier molecular flexibility index (Phi) is 3.40. The van der Waals surface area contributed by atoms with Crippen molar-refractivity contribution >= 4 is 5.91 Å². The molecule has 64 valence electrons. The van der Waals surface area contributed by atoms with Gasteiger partial charge in [0.25, 0.3) is 0 Å². The summed E-state index contributed by atoms with van der Waals surface area (Å²) in [7, 11) is 0. The molecular formula is C9H17NO. The van der Waals surface area contributed by atoms with Crippen LogP contribution in [0.25, 0.3) is 0 Å². The molecular weight excluding hydrogens is 138 g/mol. The zero-order valence-corrected chi connectivity index (χ0v) is 7.01. The third-order valence-electron chi connectivity index (χ3n) is 2.51. The average Bonchev–Trinajstić information content (AvgIpc) is 2.39. The van der Waals surface area contributed by atoms with E-state index in [-0.39, 0.29) is 5.91 Å². The number of hydrogen-bond acceptors (Lipinski definition) is 1. The van der Waals surface area contributed by atoms with Crippen molar-refractivity contribution in [2.75, 3.05) is 0 Å². The molecule has 2 nitrogen and oxygen atoms in total. The molecule has 1 saturated carbocycles. The van der Waals surface area contributed by atoms with E-state index in [0.717, 1.165) is 12.3 Å². The van der Waals surface area contributed by atoms with Gasteiger partial charge in [-0.25, -0.2) is 0 Å². The van der Waals surface area contributed by atoms with Crippen molar-refractivity contribution in [3.63, 3.8) is 0 Å². The van der Waals surface area contributed by atoms with Crippen molar-refractivity contribution in [1.82, 2.24) is 0 Å². The first kappa shape index (κ1) is 8.57. The standard InChI is InChI=1S/C9H17NO/c10-9(11)7-3-6-8-4-1-2-5-8/h8H,1-7H2,(H2,10,11). The van der Waals surface area contributed by atoms with E-state index in [1.165, 1.54) is 32.1 Å². The summed E-state index contributed by atoms with van der Waals surface area (Å²) >= 11 is 0. The predicted molar refractivity (Wildman–Crippen MR) is 45.0 cm³/mol. The normalized spacial score (nSPS) is 18.9. The fraction of sp³-hybridized carbons (Fsp3) is 0.889. The molecule has 0 aromatic rings. The Balaban J connectivity index is 1.98. The second-order valence-corrected chi connectivity index (χ2v) is 3.51. The second-order valence-electron chi connectivity index (χ2n) is 3.51. The number of nitrogens with two attached hydrogens (primary N) is 1. The van der Waals surface area contributed by atoms with Crippen LogP contribution in [0.2, 0.25) is 0 Å². The maximum atomic E-state index is 10.4. The van der Waals surface area contributed by atoms with Crippen LogP contribution < -0.4 is 5.73 Å². The molecule has 0 aromatic heterocycles. The molecule has 1 amide bonds. The van der Waals surface area contributed by atoms with Crippen LogP contribution in [-0.4, -0.2) is 5.91 Å². The summed E-state index contributed by atoms with van der Waals surface area (Å²) in [6, 6.07) is 0. The third-order valence-corrected chi connectivity index (χ3v) is 2.51. The van der Waals surface area contributed by atoms with E-state index >= 15 is 0 Å². The van der Waals surface area contributed by atoms with Gasteiger partial charge in [-0.05, 0) is 18.8 Å². The highest BCUT2D eigenvalue weighted by Crippen LogP contribution is 2.28. The predicted octanol–water partition coefficient (Wildman–Crippen LogP) is 1.83. The number of carbonyl (C=O) groups is 1. The molecule has 2 N–H and O–H groups in total. The van der Waals surface area contributed by atoms with Crippen molar-refractivity contribution in [3.8, 4) is 0 Å². The van der Waals surface area contributed by atoms with Gasteiger partial charge in [0, 0.05) is 6.42 Å². The summed E-state index contributed by atoms with van der Waals surface area (Å²) in [4.78, 5) is 10.4. The van der Waals surface area contributed by atoms with Gasteiger partial charge in [-0.15, -0.1) is 0 Å². The second kappa shape index (κ2) is 4.37. The zero-order valence-electron chi connectivity index (χ0n) is 7.01. The van der Waals surface area contributed by atoms with Crippen LogP contribution in [0.1, 0.15) is 44.9 Å². The maximum Gasteiger partial charge on any atom is 0.217 e. The summed E-state index contributed by atoms with van der Waals surface area (Å²) in [5.74, 6) is 0.748. The molecule has 0 aromatic carbocycles. The van der Waals surface area contributed by atoms with Crippen molar-refractivity contribution in [1.29, 1.82) is 0 Å². The lowest BCUT2D eigenvalue weighted by atomic mass is 10.0. The highest BCUT2D eigenvalue weighted by atomic mass is 16.1. The molecule has 0 heterocycles. The third kappa shape index (κ3) is 3.40. The van der Waals surface area contributed by atoms with E-state index in [0.29, 0.717) is 6.42 Å². The van der Waals surface area contributed by atoms with Gasteiger partial charge in [-0.3, -0.25) is 4.79 Å². The van der Waals surface area contributed by atoms with Crippen LogP contribution in [0.4, 0.5) is 0 Å². The van der Waals surface area contributed by atoms with Gasteiger partial charge >= 0.3 is 0 Å². The minimum absolute atomic E-state index is 0.150. The highest BCUT2D eigenvalue weighted by Gasteiger charge is 2.14. The van der Waals surface area contributed by atoms with E-state index in [9.17, 15) is 4.79 Å². The molecule has 1 rings (SSSR count). The number of amides is 1. The summed E-state index contributed by atoms with van der Waals surface area (Å²) in [6.07, 6.45) is 8.32. The van der Waals surface area contributed by atoms with Crippen molar-refractivity contribution < 1.29 is 4.79 Å². The van der Waals surface area contributed by atoms with Gasteiger partial charge in [0.2, 0.25) is 5.91 Å². The fourth-order valence-electron chi connectivity index (χ4n) is 1.86. The molecule has 11 heavy (non-hydrogen) atoms. The monoisotopic (exact) mass is 155 g/mol. The van der Waals surface area contributed by atoms with Crippen LogP contribution in [0.3, 0.4) is 0 Å². The Hall–Kier alpha value is -0.530. The Labute approximate surface area is 68.2 Å².